The van der Waals surface area contributed by atoms with Gasteiger partial charge in [0.2, 0.25) is 6.08 Å². The number of rotatable bonds is 14. The molecule has 0 aromatic rings. The number of carbonyl (C=O) groups is 4. The van der Waals surface area contributed by atoms with Crippen molar-refractivity contribution in [2.24, 2.45) is 40.0 Å². The van der Waals surface area contributed by atoms with Gasteiger partial charge < -0.3 is 9.47 Å². The van der Waals surface area contributed by atoms with Crippen molar-refractivity contribution in [3.05, 3.63) is 12.2 Å². The molecule has 1 saturated heterocycles. The van der Waals surface area contributed by atoms with Crippen molar-refractivity contribution in [3.63, 3.8) is 0 Å². The molecule has 2 aliphatic carbocycles. The fraction of sp³-hybridized carbons (Fsp3) is 0.708. The van der Waals surface area contributed by atoms with Crippen LogP contribution < -0.4 is 0 Å². The number of nitrogens with zero attached hydrogens (tertiary/aromatic N) is 2. The molecule has 0 radical (unpaired) electrons. The zero-order chi connectivity index (χ0) is 27.4. The van der Waals surface area contributed by atoms with Crippen LogP contribution in [0.4, 0.5) is 0 Å². The van der Waals surface area contributed by atoms with Gasteiger partial charge in [-0.05, 0) is 44.4 Å². The summed E-state index contributed by atoms with van der Waals surface area (Å²) in [4.78, 5) is 63.4. The van der Waals surface area contributed by atoms with Crippen LogP contribution in [0.15, 0.2) is 17.1 Å². The lowest BCUT2D eigenvalue weighted by Gasteiger charge is -2.28. The Balaban J connectivity index is 1.44. The van der Waals surface area contributed by atoms with Crippen molar-refractivity contribution in [1.29, 1.82) is 0 Å². The van der Waals surface area contributed by atoms with Crippen molar-refractivity contribution >= 4 is 40.0 Å². The molecule has 3 rings (SSSR count). The standard InChI is InChI=1S/C24H32N2O10S/c1-4-24(3,13-15(2)22(30)34-10-8-25-14-27)23(31)35-9-5-11-37(32,33)36-26-20(28)18-16-6-7-17(12-16)19(18)21(26)29/h6-7,15-19H,4-5,8-13H2,1-3H3. The summed E-state index contributed by atoms with van der Waals surface area (Å²) in [5.41, 5.74) is -1.02. The molecule has 0 N–H and O–H groups in total. The minimum Gasteiger partial charge on any atom is -0.465 e. The van der Waals surface area contributed by atoms with Crippen molar-refractivity contribution in [1.82, 2.24) is 5.06 Å². The van der Waals surface area contributed by atoms with Crippen molar-refractivity contribution in [2.45, 2.75) is 46.5 Å². The zero-order valence-electron chi connectivity index (χ0n) is 21.1. The molecule has 6 atom stereocenters. The lowest BCUT2D eigenvalue weighted by molar-refractivity contribution is -0.166. The van der Waals surface area contributed by atoms with Gasteiger partial charge >= 0.3 is 11.9 Å². The van der Waals surface area contributed by atoms with Crippen LogP contribution in [0, 0.1) is 35.0 Å². The molecule has 2 fully saturated rings. The molecule has 2 bridgehead atoms. The number of hydroxylamine groups is 2. The highest BCUT2D eigenvalue weighted by Crippen LogP contribution is 2.52. The van der Waals surface area contributed by atoms with Gasteiger partial charge in [0.05, 0.1) is 42.1 Å². The summed E-state index contributed by atoms with van der Waals surface area (Å²) >= 11 is 0. The fourth-order valence-electron chi connectivity index (χ4n) is 5.18. The third-order valence-electron chi connectivity index (χ3n) is 7.33. The molecule has 37 heavy (non-hydrogen) atoms. The molecule has 1 heterocycles. The smallest absolute Gasteiger partial charge is 0.311 e. The number of allylic oxidation sites excluding steroid dienone is 2. The second-order valence-electron chi connectivity index (χ2n) is 9.96. The summed E-state index contributed by atoms with van der Waals surface area (Å²) in [6.07, 6.45) is 6.22. The molecule has 204 valence electrons. The van der Waals surface area contributed by atoms with Crippen LogP contribution in [-0.4, -0.2) is 68.8 Å². The van der Waals surface area contributed by atoms with Crippen LogP contribution in [0.1, 0.15) is 46.5 Å². The lowest BCUT2D eigenvalue weighted by Crippen LogP contribution is -2.36. The first-order valence-corrected chi connectivity index (χ1v) is 13.9. The minimum absolute atomic E-state index is 0.00115. The van der Waals surface area contributed by atoms with Crippen molar-refractivity contribution < 1.29 is 46.1 Å². The van der Waals surface area contributed by atoms with E-state index in [4.69, 9.17) is 13.8 Å². The largest absolute Gasteiger partial charge is 0.465 e. The third-order valence-corrected chi connectivity index (χ3v) is 8.50. The number of fused-ring (bicyclic) bond motifs is 5. The van der Waals surface area contributed by atoms with Gasteiger partial charge in [-0.3, -0.25) is 19.2 Å². The lowest BCUT2D eigenvalue weighted by atomic mass is 9.79. The Morgan fingerprint density at radius 1 is 1.16 bits per heavy atom. The molecule has 1 saturated carbocycles. The van der Waals surface area contributed by atoms with Gasteiger partial charge in [0.25, 0.3) is 21.9 Å². The normalized spacial score (nSPS) is 26.4. The van der Waals surface area contributed by atoms with E-state index in [1.54, 1.807) is 20.8 Å². The first-order valence-electron chi connectivity index (χ1n) is 12.3. The third kappa shape index (κ3) is 6.34. The summed E-state index contributed by atoms with van der Waals surface area (Å²) in [7, 11) is -4.28. The number of imide groups is 1. The number of isocyanates is 1. The number of hydrogen-bond acceptors (Lipinski definition) is 11. The topological polar surface area (TPSA) is 163 Å². The van der Waals surface area contributed by atoms with Gasteiger partial charge in [0.15, 0.2) is 0 Å². The average molecular weight is 541 g/mol. The predicted molar refractivity (Wildman–Crippen MR) is 126 cm³/mol. The maximum Gasteiger partial charge on any atom is 0.311 e. The number of esters is 2. The molecule has 13 heteroatoms. The van der Waals surface area contributed by atoms with Crippen LogP contribution in [0.25, 0.3) is 0 Å². The molecule has 0 spiro atoms. The quantitative estimate of drug-likeness (QED) is 0.0784. The second-order valence-corrected chi connectivity index (χ2v) is 11.6. The van der Waals surface area contributed by atoms with E-state index in [-0.39, 0.29) is 44.4 Å². The second kappa shape index (κ2) is 11.7. The van der Waals surface area contributed by atoms with E-state index in [1.165, 1.54) is 6.08 Å². The summed E-state index contributed by atoms with van der Waals surface area (Å²) in [5, 5.41) is 0.378. The predicted octanol–water partition coefficient (Wildman–Crippen LogP) is 1.31. The Morgan fingerprint density at radius 2 is 1.78 bits per heavy atom. The summed E-state index contributed by atoms with van der Waals surface area (Å²) < 4.78 is 40.0. The average Bonchev–Trinajstić information content (AvgIpc) is 3.54. The number of aliphatic imine (C=N–C) groups is 1. The molecular formula is C24H32N2O10S. The van der Waals surface area contributed by atoms with E-state index in [0.717, 1.165) is 0 Å². The molecule has 2 amide bonds. The Morgan fingerprint density at radius 3 is 2.35 bits per heavy atom. The van der Waals surface area contributed by atoms with E-state index in [0.29, 0.717) is 17.9 Å². The summed E-state index contributed by atoms with van der Waals surface area (Å²) in [6, 6.07) is 0. The molecule has 0 aromatic carbocycles. The Labute approximate surface area is 215 Å². The van der Waals surface area contributed by atoms with Gasteiger partial charge in [0.1, 0.15) is 6.61 Å². The van der Waals surface area contributed by atoms with E-state index in [9.17, 15) is 32.4 Å². The monoisotopic (exact) mass is 540 g/mol. The molecule has 3 aliphatic rings. The number of ether oxygens (including phenoxy) is 2. The fourth-order valence-corrected chi connectivity index (χ4v) is 6.10. The minimum atomic E-state index is -4.28. The molecule has 6 unspecified atom stereocenters. The Hall–Kier alpha value is -2.89. The van der Waals surface area contributed by atoms with Gasteiger partial charge in [-0.15, -0.1) is 9.35 Å². The number of carbonyl (C=O) groups excluding carboxylic acids is 5. The van der Waals surface area contributed by atoms with Crippen LogP contribution in [0.2, 0.25) is 0 Å². The summed E-state index contributed by atoms with van der Waals surface area (Å²) in [6.45, 7) is 4.70. The van der Waals surface area contributed by atoms with E-state index in [1.807, 2.05) is 12.2 Å². The van der Waals surface area contributed by atoms with Crippen LogP contribution >= 0.6 is 0 Å². The van der Waals surface area contributed by atoms with Gasteiger partial charge in [-0.1, -0.05) is 26.0 Å². The highest BCUT2D eigenvalue weighted by atomic mass is 32.2. The van der Waals surface area contributed by atoms with Gasteiger partial charge in [0, 0.05) is 0 Å². The molecule has 0 aromatic heterocycles. The first-order chi connectivity index (χ1) is 17.4. The number of hydrogen-bond donors (Lipinski definition) is 0. The maximum atomic E-state index is 12.7. The van der Waals surface area contributed by atoms with Gasteiger partial charge in [-0.25, -0.2) is 9.79 Å². The molecule has 12 nitrogen and oxygen atoms in total. The highest BCUT2D eigenvalue weighted by molar-refractivity contribution is 7.86. The van der Waals surface area contributed by atoms with Crippen molar-refractivity contribution in [2.75, 3.05) is 25.5 Å². The molecule has 1 aliphatic heterocycles. The van der Waals surface area contributed by atoms with E-state index in [2.05, 4.69) is 4.99 Å². The zero-order valence-corrected chi connectivity index (χ0v) is 21.9. The first kappa shape index (κ1) is 28.7. The van der Waals surface area contributed by atoms with Gasteiger partial charge in [-0.2, -0.15) is 8.42 Å². The van der Waals surface area contributed by atoms with Crippen molar-refractivity contribution in [3.8, 4) is 0 Å². The summed E-state index contributed by atoms with van der Waals surface area (Å²) in [5.74, 6) is -4.90. The number of amides is 2. The SMILES string of the molecule is CCC(C)(CC(C)C(=O)OCCN=C=O)C(=O)OCCCS(=O)(=O)ON1C(=O)C2C3C=CC(C3)C2C1=O. The van der Waals surface area contributed by atoms with Crippen LogP contribution in [0.3, 0.4) is 0 Å². The van der Waals surface area contributed by atoms with E-state index >= 15 is 0 Å². The highest BCUT2D eigenvalue weighted by Gasteiger charge is 2.60. The van der Waals surface area contributed by atoms with Crippen LogP contribution in [0.5, 0.6) is 0 Å². The van der Waals surface area contributed by atoms with E-state index < -0.39 is 62.8 Å². The van der Waals surface area contributed by atoms with Crippen LogP contribution in [-0.2, 0) is 47.8 Å². The molecular weight excluding hydrogens is 508 g/mol. The Bertz CT molecular complexity index is 1080. The maximum absolute atomic E-state index is 12.7. The Kier molecular flexibility index (Phi) is 9.04.